The molecule has 0 aliphatic heterocycles. The van der Waals surface area contributed by atoms with Crippen LogP contribution in [0.5, 0.6) is 0 Å². The molecule has 1 rings (SSSR count). The Balaban J connectivity index is 2.90. The SMILES string of the molecule is CCC(=O)N[C@@H](Cc1ccccc1)C(=O)C[C@@H](CC(C)C)C(=O)NCC(=O)O. The molecule has 0 radical (unpaired) electrons. The maximum atomic E-state index is 12.9. The van der Waals surface area contributed by atoms with Crippen LogP contribution >= 0.6 is 0 Å². The number of hydrogen-bond acceptors (Lipinski definition) is 4. The summed E-state index contributed by atoms with van der Waals surface area (Å²) in [5.41, 5.74) is 0.910. The lowest BCUT2D eigenvalue weighted by atomic mass is 9.88. The number of Topliss-reactive ketones (excluding diaryl/α,β-unsaturated/α-hetero) is 1. The van der Waals surface area contributed by atoms with E-state index < -0.39 is 30.4 Å². The number of nitrogens with one attached hydrogen (secondary N) is 2. The van der Waals surface area contributed by atoms with Gasteiger partial charge in [0.15, 0.2) is 5.78 Å². The van der Waals surface area contributed by atoms with E-state index in [-0.39, 0.29) is 30.4 Å². The molecule has 154 valence electrons. The van der Waals surface area contributed by atoms with Gasteiger partial charge in [-0.1, -0.05) is 51.1 Å². The maximum Gasteiger partial charge on any atom is 0.322 e. The van der Waals surface area contributed by atoms with Crippen molar-refractivity contribution in [3.63, 3.8) is 0 Å². The van der Waals surface area contributed by atoms with Gasteiger partial charge in [-0.3, -0.25) is 19.2 Å². The molecule has 0 aliphatic rings. The zero-order valence-corrected chi connectivity index (χ0v) is 16.7. The van der Waals surface area contributed by atoms with Crippen molar-refractivity contribution >= 4 is 23.6 Å². The molecule has 7 nitrogen and oxygen atoms in total. The number of hydrogen-bond donors (Lipinski definition) is 3. The first-order chi connectivity index (χ1) is 13.2. The van der Waals surface area contributed by atoms with Crippen LogP contribution in [0, 0.1) is 11.8 Å². The lowest BCUT2D eigenvalue weighted by Gasteiger charge is -2.22. The predicted molar refractivity (Wildman–Crippen MR) is 106 cm³/mol. The molecule has 0 saturated heterocycles. The Morgan fingerprint density at radius 3 is 2.25 bits per heavy atom. The Kier molecular flexibility index (Phi) is 9.92. The van der Waals surface area contributed by atoms with E-state index in [0.29, 0.717) is 12.8 Å². The van der Waals surface area contributed by atoms with Crippen molar-refractivity contribution in [1.29, 1.82) is 0 Å². The van der Waals surface area contributed by atoms with E-state index in [9.17, 15) is 19.2 Å². The highest BCUT2D eigenvalue weighted by Crippen LogP contribution is 2.18. The molecule has 0 aromatic heterocycles. The Morgan fingerprint density at radius 1 is 1.07 bits per heavy atom. The van der Waals surface area contributed by atoms with Gasteiger partial charge in [-0.2, -0.15) is 0 Å². The van der Waals surface area contributed by atoms with Crippen LogP contribution in [0.15, 0.2) is 30.3 Å². The molecule has 0 aliphatic carbocycles. The Bertz CT molecular complexity index is 673. The molecule has 0 saturated carbocycles. The summed E-state index contributed by atoms with van der Waals surface area (Å²) in [7, 11) is 0. The number of carboxylic acids is 1. The summed E-state index contributed by atoms with van der Waals surface area (Å²) >= 11 is 0. The Labute approximate surface area is 165 Å². The summed E-state index contributed by atoms with van der Waals surface area (Å²) in [6, 6.07) is 8.62. The van der Waals surface area contributed by atoms with Gasteiger partial charge < -0.3 is 15.7 Å². The number of ketones is 1. The van der Waals surface area contributed by atoms with Gasteiger partial charge in [-0.25, -0.2) is 0 Å². The van der Waals surface area contributed by atoms with Crippen LogP contribution in [-0.2, 0) is 25.6 Å². The van der Waals surface area contributed by atoms with E-state index in [2.05, 4.69) is 10.6 Å². The zero-order valence-electron chi connectivity index (χ0n) is 16.7. The van der Waals surface area contributed by atoms with Gasteiger partial charge in [0.25, 0.3) is 0 Å². The number of benzene rings is 1. The average Bonchev–Trinajstić information content (AvgIpc) is 2.65. The topological polar surface area (TPSA) is 113 Å². The largest absolute Gasteiger partial charge is 0.480 e. The summed E-state index contributed by atoms with van der Waals surface area (Å²) in [4.78, 5) is 47.9. The minimum atomic E-state index is -1.14. The molecular weight excluding hydrogens is 360 g/mol. The smallest absolute Gasteiger partial charge is 0.322 e. The highest BCUT2D eigenvalue weighted by atomic mass is 16.4. The zero-order chi connectivity index (χ0) is 21.1. The molecule has 0 bridgehead atoms. The first-order valence-electron chi connectivity index (χ1n) is 9.58. The number of carboxylic acid groups (broad SMARTS) is 1. The summed E-state index contributed by atoms with van der Waals surface area (Å²) in [6.45, 7) is 5.09. The summed E-state index contributed by atoms with van der Waals surface area (Å²) < 4.78 is 0. The summed E-state index contributed by atoms with van der Waals surface area (Å²) in [5, 5.41) is 13.9. The van der Waals surface area contributed by atoms with E-state index in [1.54, 1.807) is 6.92 Å². The van der Waals surface area contributed by atoms with E-state index in [4.69, 9.17) is 5.11 Å². The molecule has 1 aromatic carbocycles. The minimum Gasteiger partial charge on any atom is -0.480 e. The van der Waals surface area contributed by atoms with Crippen LogP contribution in [0.25, 0.3) is 0 Å². The van der Waals surface area contributed by atoms with Crippen molar-refractivity contribution in [2.45, 2.75) is 52.5 Å². The van der Waals surface area contributed by atoms with Gasteiger partial charge in [-0.05, 0) is 24.3 Å². The number of aliphatic carboxylic acids is 1. The maximum absolute atomic E-state index is 12.9. The van der Waals surface area contributed by atoms with Gasteiger partial charge in [-0.15, -0.1) is 0 Å². The Hall–Kier alpha value is -2.70. The molecule has 0 unspecified atom stereocenters. The normalized spacial score (nSPS) is 12.9. The highest BCUT2D eigenvalue weighted by molar-refractivity contribution is 5.93. The van der Waals surface area contributed by atoms with Crippen LogP contribution in [0.4, 0.5) is 0 Å². The third-order valence-corrected chi connectivity index (χ3v) is 4.32. The van der Waals surface area contributed by atoms with Gasteiger partial charge in [0, 0.05) is 18.8 Å². The lowest BCUT2D eigenvalue weighted by Crippen LogP contribution is -2.44. The average molecular weight is 390 g/mol. The van der Waals surface area contributed by atoms with Crippen molar-refractivity contribution in [1.82, 2.24) is 10.6 Å². The van der Waals surface area contributed by atoms with Gasteiger partial charge in [0.1, 0.15) is 6.54 Å². The van der Waals surface area contributed by atoms with Gasteiger partial charge in [0.2, 0.25) is 11.8 Å². The number of amides is 2. The fraction of sp³-hybridized carbons (Fsp3) is 0.524. The third kappa shape index (κ3) is 8.79. The van der Waals surface area contributed by atoms with Crippen molar-refractivity contribution in [3.8, 4) is 0 Å². The molecule has 0 heterocycles. The second-order valence-corrected chi connectivity index (χ2v) is 7.27. The fourth-order valence-corrected chi connectivity index (χ4v) is 2.94. The summed E-state index contributed by atoms with van der Waals surface area (Å²) in [6.07, 6.45) is 1.01. The molecule has 1 aromatic rings. The third-order valence-electron chi connectivity index (χ3n) is 4.32. The molecule has 3 N–H and O–H groups in total. The van der Waals surface area contributed by atoms with Crippen molar-refractivity contribution in [3.05, 3.63) is 35.9 Å². The van der Waals surface area contributed by atoms with Crippen LogP contribution in [0.1, 0.15) is 45.6 Å². The van der Waals surface area contributed by atoms with Crippen LogP contribution < -0.4 is 10.6 Å². The standard InChI is InChI=1S/C21H30N2O5/c1-4-19(25)23-17(11-15-8-6-5-7-9-15)18(24)12-16(10-14(2)3)21(28)22-13-20(26)27/h5-9,14,16-17H,4,10-13H2,1-3H3,(H,22,28)(H,23,25)(H,26,27)/t16-,17+/m1/s1. The quantitative estimate of drug-likeness (QED) is 0.505. The van der Waals surface area contributed by atoms with Crippen molar-refractivity contribution in [2.75, 3.05) is 6.54 Å². The molecular formula is C21H30N2O5. The van der Waals surface area contributed by atoms with Crippen molar-refractivity contribution < 1.29 is 24.3 Å². The first kappa shape index (κ1) is 23.3. The van der Waals surface area contributed by atoms with Gasteiger partial charge >= 0.3 is 5.97 Å². The number of carbonyl (C=O) groups excluding carboxylic acids is 3. The summed E-state index contributed by atoms with van der Waals surface area (Å²) in [5.74, 6) is -2.54. The second kappa shape index (κ2) is 11.9. The lowest BCUT2D eigenvalue weighted by molar-refractivity contribution is -0.139. The molecule has 28 heavy (non-hydrogen) atoms. The molecule has 2 atom stereocenters. The van der Waals surface area contributed by atoms with E-state index in [0.717, 1.165) is 5.56 Å². The minimum absolute atomic E-state index is 0.0505. The predicted octanol–water partition coefficient (Wildman–Crippen LogP) is 1.95. The van der Waals surface area contributed by atoms with Gasteiger partial charge in [0.05, 0.1) is 6.04 Å². The van der Waals surface area contributed by atoms with E-state index >= 15 is 0 Å². The molecule has 0 fully saturated rings. The molecule has 2 amide bonds. The van der Waals surface area contributed by atoms with Crippen molar-refractivity contribution in [2.24, 2.45) is 11.8 Å². The monoisotopic (exact) mass is 390 g/mol. The first-order valence-corrected chi connectivity index (χ1v) is 9.58. The number of rotatable bonds is 12. The van der Waals surface area contributed by atoms with E-state index in [1.165, 1.54) is 0 Å². The Morgan fingerprint density at radius 2 is 1.71 bits per heavy atom. The second-order valence-electron chi connectivity index (χ2n) is 7.27. The fourth-order valence-electron chi connectivity index (χ4n) is 2.94. The number of carbonyl (C=O) groups is 4. The molecule has 0 spiro atoms. The van der Waals surface area contributed by atoms with Crippen LogP contribution in [-0.4, -0.2) is 41.3 Å². The highest BCUT2D eigenvalue weighted by Gasteiger charge is 2.28. The van der Waals surface area contributed by atoms with Crippen LogP contribution in [0.2, 0.25) is 0 Å². The molecule has 7 heteroatoms. The van der Waals surface area contributed by atoms with E-state index in [1.807, 2.05) is 44.2 Å². The van der Waals surface area contributed by atoms with Crippen LogP contribution in [0.3, 0.4) is 0 Å².